The van der Waals surface area contributed by atoms with Gasteiger partial charge in [-0.25, -0.2) is 9.18 Å². The molecule has 1 atom stereocenters. The number of nitrogens with one attached hydrogen (secondary N) is 1. The Labute approximate surface area is 119 Å². The van der Waals surface area contributed by atoms with Crippen molar-refractivity contribution in [3.8, 4) is 0 Å². The summed E-state index contributed by atoms with van der Waals surface area (Å²) in [4.78, 5) is 12.4. The Morgan fingerprint density at radius 1 is 1.45 bits per heavy atom. The van der Waals surface area contributed by atoms with Crippen LogP contribution in [0.3, 0.4) is 0 Å². The van der Waals surface area contributed by atoms with Gasteiger partial charge in [-0.05, 0) is 56.3 Å². The lowest BCUT2D eigenvalue weighted by Gasteiger charge is -2.32. The van der Waals surface area contributed by atoms with Gasteiger partial charge in [0, 0.05) is 0 Å². The smallest absolute Gasteiger partial charge is 0.330 e. The van der Waals surface area contributed by atoms with Gasteiger partial charge in [0.05, 0.1) is 6.61 Å². The molecule has 1 aromatic rings. The van der Waals surface area contributed by atoms with Crippen molar-refractivity contribution < 1.29 is 13.9 Å². The molecule has 0 spiro atoms. The zero-order valence-electron chi connectivity index (χ0n) is 12.1. The highest BCUT2D eigenvalue weighted by Gasteiger charge is 2.41. The lowest BCUT2D eigenvalue weighted by molar-refractivity contribution is -0.152. The monoisotopic (exact) mass is 279 g/mol. The van der Waals surface area contributed by atoms with Crippen molar-refractivity contribution in [2.24, 2.45) is 5.92 Å². The molecular formula is C16H22FNO2. The highest BCUT2D eigenvalue weighted by Crippen LogP contribution is 2.32. The van der Waals surface area contributed by atoms with Crippen LogP contribution in [0, 0.1) is 11.7 Å². The maximum Gasteiger partial charge on any atom is 0.330 e. The first-order chi connectivity index (χ1) is 9.62. The molecule has 110 valence electrons. The third kappa shape index (κ3) is 3.18. The number of carbonyl (C=O) groups is 1. The van der Waals surface area contributed by atoms with Gasteiger partial charge in [0.1, 0.15) is 11.4 Å². The summed E-state index contributed by atoms with van der Waals surface area (Å²) in [6.45, 7) is 4.79. The molecule has 0 aromatic heterocycles. The number of rotatable bonds is 7. The van der Waals surface area contributed by atoms with E-state index >= 15 is 0 Å². The number of ether oxygens (including phenoxy) is 1. The molecule has 0 bridgehead atoms. The summed E-state index contributed by atoms with van der Waals surface area (Å²) in [5.74, 6) is -0.0319. The normalized spacial score (nSPS) is 17.6. The van der Waals surface area contributed by atoms with Crippen LogP contribution in [0.5, 0.6) is 0 Å². The summed E-state index contributed by atoms with van der Waals surface area (Å²) in [5.41, 5.74) is -0.306. The van der Waals surface area contributed by atoms with Crippen LogP contribution >= 0.6 is 0 Å². The van der Waals surface area contributed by atoms with Gasteiger partial charge in [-0.1, -0.05) is 19.1 Å². The summed E-state index contributed by atoms with van der Waals surface area (Å²) >= 11 is 0. The zero-order chi connectivity index (χ0) is 14.6. The molecule has 20 heavy (non-hydrogen) atoms. The van der Waals surface area contributed by atoms with Gasteiger partial charge in [0.25, 0.3) is 0 Å². The van der Waals surface area contributed by atoms with Crippen LogP contribution < -0.4 is 5.32 Å². The van der Waals surface area contributed by atoms with E-state index in [0.29, 0.717) is 24.5 Å². The van der Waals surface area contributed by atoms with Gasteiger partial charge in [0.2, 0.25) is 0 Å². The highest BCUT2D eigenvalue weighted by molar-refractivity contribution is 5.82. The zero-order valence-corrected chi connectivity index (χ0v) is 12.1. The second kappa shape index (κ2) is 6.35. The van der Waals surface area contributed by atoms with Crippen LogP contribution in [-0.2, 0) is 15.1 Å². The van der Waals surface area contributed by atoms with Crippen molar-refractivity contribution in [1.29, 1.82) is 0 Å². The first-order valence-electron chi connectivity index (χ1n) is 7.30. The maximum atomic E-state index is 13.5. The largest absolute Gasteiger partial charge is 0.464 e. The predicted octanol–water partition coefficient (Wildman–Crippen LogP) is 2.99. The Balaban J connectivity index is 2.30. The number of carbonyl (C=O) groups excluding carboxylic acids is 1. The standard InChI is InChI=1S/C16H22FNO2/c1-3-16(15(19)20-4-2,18-11-12-8-9-12)13-6-5-7-14(17)10-13/h5-7,10,12,18H,3-4,8-9,11H2,1-2H3. The lowest BCUT2D eigenvalue weighted by atomic mass is 9.86. The molecule has 1 fully saturated rings. The molecular weight excluding hydrogens is 257 g/mol. The van der Waals surface area contributed by atoms with Gasteiger partial charge in [-0.15, -0.1) is 0 Å². The Bertz CT molecular complexity index is 473. The molecule has 1 aliphatic carbocycles. The van der Waals surface area contributed by atoms with Gasteiger partial charge < -0.3 is 4.74 Å². The number of halogens is 1. The second-order valence-corrected chi connectivity index (χ2v) is 5.31. The fraction of sp³-hybridized carbons (Fsp3) is 0.562. The number of hydrogen-bond acceptors (Lipinski definition) is 3. The van der Waals surface area contributed by atoms with Crippen LogP contribution in [0.2, 0.25) is 0 Å². The summed E-state index contributed by atoms with van der Waals surface area (Å²) in [6, 6.07) is 6.22. The minimum Gasteiger partial charge on any atom is -0.464 e. The lowest BCUT2D eigenvalue weighted by Crippen LogP contribution is -2.50. The van der Waals surface area contributed by atoms with E-state index in [1.165, 1.54) is 25.0 Å². The molecule has 0 heterocycles. The number of hydrogen-bond donors (Lipinski definition) is 1. The van der Waals surface area contributed by atoms with Gasteiger partial charge in [0.15, 0.2) is 0 Å². The molecule has 1 saturated carbocycles. The van der Waals surface area contributed by atoms with Crippen LogP contribution in [0.25, 0.3) is 0 Å². The van der Waals surface area contributed by atoms with Crippen molar-refractivity contribution >= 4 is 5.97 Å². The Hall–Kier alpha value is -1.42. The summed E-state index contributed by atoms with van der Waals surface area (Å²) in [6.07, 6.45) is 2.92. The first-order valence-corrected chi connectivity index (χ1v) is 7.30. The van der Waals surface area contributed by atoms with Gasteiger partial charge in [-0.2, -0.15) is 0 Å². The molecule has 0 amide bonds. The first kappa shape index (κ1) is 15.0. The van der Waals surface area contributed by atoms with Crippen molar-refractivity contribution in [3.05, 3.63) is 35.6 Å². The molecule has 1 aliphatic rings. The van der Waals surface area contributed by atoms with Crippen molar-refractivity contribution in [3.63, 3.8) is 0 Å². The fourth-order valence-electron chi connectivity index (χ4n) is 2.41. The summed E-state index contributed by atoms with van der Waals surface area (Å²) < 4.78 is 18.7. The second-order valence-electron chi connectivity index (χ2n) is 5.31. The van der Waals surface area contributed by atoms with E-state index in [2.05, 4.69) is 5.32 Å². The van der Waals surface area contributed by atoms with Crippen LogP contribution in [-0.4, -0.2) is 19.1 Å². The molecule has 1 aromatic carbocycles. The Kier molecular flexibility index (Phi) is 4.76. The maximum absolute atomic E-state index is 13.5. The third-order valence-corrected chi connectivity index (χ3v) is 3.86. The molecule has 4 heteroatoms. The van der Waals surface area contributed by atoms with E-state index in [1.54, 1.807) is 19.1 Å². The molecule has 1 N–H and O–H groups in total. The van der Waals surface area contributed by atoms with E-state index in [0.717, 1.165) is 6.54 Å². The van der Waals surface area contributed by atoms with Gasteiger partial charge >= 0.3 is 5.97 Å². The van der Waals surface area contributed by atoms with Crippen molar-refractivity contribution in [2.45, 2.75) is 38.6 Å². The number of esters is 1. The van der Waals surface area contributed by atoms with E-state index in [1.807, 2.05) is 6.92 Å². The average molecular weight is 279 g/mol. The number of benzene rings is 1. The average Bonchev–Trinajstić information content (AvgIpc) is 3.25. The van der Waals surface area contributed by atoms with Crippen molar-refractivity contribution in [1.82, 2.24) is 5.32 Å². The molecule has 2 rings (SSSR count). The quantitative estimate of drug-likeness (QED) is 0.780. The minimum absolute atomic E-state index is 0.320. The van der Waals surface area contributed by atoms with Crippen LogP contribution in [0.1, 0.15) is 38.7 Å². The Morgan fingerprint density at radius 3 is 2.75 bits per heavy atom. The molecule has 3 nitrogen and oxygen atoms in total. The molecule has 1 unspecified atom stereocenters. The SMILES string of the molecule is CCOC(=O)C(CC)(NCC1CC1)c1cccc(F)c1. The van der Waals surface area contributed by atoms with Crippen LogP contribution in [0.4, 0.5) is 4.39 Å². The topological polar surface area (TPSA) is 38.3 Å². The molecule has 0 aliphatic heterocycles. The molecule has 0 radical (unpaired) electrons. The summed E-state index contributed by atoms with van der Waals surface area (Å²) in [7, 11) is 0. The summed E-state index contributed by atoms with van der Waals surface area (Å²) in [5, 5.41) is 3.33. The third-order valence-electron chi connectivity index (χ3n) is 3.86. The Morgan fingerprint density at radius 2 is 2.20 bits per heavy atom. The van der Waals surface area contributed by atoms with Gasteiger partial charge in [-0.3, -0.25) is 5.32 Å². The van der Waals surface area contributed by atoms with E-state index in [-0.39, 0.29) is 11.8 Å². The van der Waals surface area contributed by atoms with Crippen molar-refractivity contribution in [2.75, 3.05) is 13.2 Å². The fourth-order valence-corrected chi connectivity index (χ4v) is 2.41. The molecule has 0 saturated heterocycles. The minimum atomic E-state index is -0.944. The highest BCUT2D eigenvalue weighted by atomic mass is 19.1. The predicted molar refractivity (Wildman–Crippen MR) is 75.7 cm³/mol. The van der Waals surface area contributed by atoms with Crippen LogP contribution in [0.15, 0.2) is 24.3 Å². The van der Waals surface area contributed by atoms with E-state index in [4.69, 9.17) is 4.74 Å². The van der Waals surface area contributed by atoms with E-state index < -0.39 is 5.54 Å². The van der Waals surface area contributed by atoms with E-state index in [9.17, 15) is 9.18 Å².